The topological polar surface area (TPSA) is 54.8 Å². The third kappa shape index (κ3) is 5.34. The van der Waals surface area contributed by atoms with Gasteiger partial charge in [-0.3, -0.25) is 14.7 Å². The van der Waals surface area contributed by atoms with Gasteiger partial charge in [0, 0.05) is 17.8 Å². The van der Waals surface area contributed by atoms with Gasteiger partial charge in [-0.1, -0.05) is 35.9 Å². The maximum Gasteiger partial charge on any atom is 0.266 e. The quantitative estimate of drug-likeness (QED) is 0.437. The Kier molecular flexibility index (Phi) is 6.70. The van der Waals surface area contributed by atoms with Gasteiger partial charge in [0.25, 0.3) is 5.91 Å². The van der Waals surface area contributed by atoms with E-state index < -0.39 is 0 Å². The van der Waals surface area contributed by atoms with E-state index in [0.717, 1.165) is 22.6 Å². The minimum atomic E-state index is -0.0433. The fraction of sp³-hybridized carbons (Fsp3) is 0.125. The van der Waals surface area contributed by atoms with Crippen molar-refractivity contribution in [1.82, 2.24) is 9.88 Å². The van der Waals surface area contributed by atoms with E-state index in [9.17, 15) is 4.79 Å². The zero-order chi connectivity index (χ0) is 21.6. The van der Waals surface area contributed by atoms with E-state index >= 15 is 0 Å². The molecule has 5 nitrogen and oxygen atoms in total. The number of hydrogen-bond acceptors (Lipinski definition) is 5. The lowest BCUT2D eigenvalue weighted by atomic mass is 10.2. The van der Waals surface area contributed by atoms with Crippen LogP contribution in [0.2, 0.25) is 5.02 Å². The molecular weight excluding hydrogens is 430 g/mol. The highest BCUT2D eigenvalue weighted by atomic mass is 35.5. The Morgan fingerprint density at radius 2 is 1.90 bits per heavy atom. The van der Waals surface area contributed by atoms with Gasteiger partial charge in [-0.25, -0.2) is 4.99 Å². The second kappa shape index (κ2) is 9.81. The molecule has 1 aromatic heterocycles. The summed E-state index contributed by atoms with van der Waals surface area (Å²) in [6.45, 7) is 2.96. The van der Waals surface area contributed by atoms with Gasteiger partial charge in [0.2, 0.25) is 0 Å². The van der Waals surface area contributed by atoms with Crippen LogP contribution in [0.1, 0.15) is 18.1 Å². The molecule has 156 valence electrons. The number of amidine groups is 1. The Morgan fingerprint density at radius 3 is 2.58 bits per heavy atom. The van der Waals surface area contributed by atoms with Crippen LogP contribution in [0.3, 0.4) is 0 Å². The van der Waals surface area contributed by atoms with Gasteiger partial charge in [0.15, 0.2) is 5.17 Å². The molecule has 3 aromatic rings. The average Bonchev–Trinajstić information content (AvgIpc) is 3.08. The number of pyridine rings is 1. The van der Waals surface area contributed by atoms with Crippen molar-refractivity contribution < 1.29 is 9.53 Å². The highest BCUT2D eigenvalue weighted by molar-refractivity contribution is 8.18. The molecule has 7 heteroatoms. The number of ether oxygens (including phenoxy) is 1. The normalized spacial score (nSPS) is 16.3. The molecule has 2 heterocycles. The fourth-order valence-electron chi connectivity index (χ4n) is 2.96. The molecule has 1 aliphatic rings. The summed E-state index contributed by atoms with van der Waals surface area (Å²) in [5.41, 5.74) is 2.69. The van der Waals surface area contributed by atoms with E-state index in [0.29, 0.717) is 28.2 Å². The first kappa shape index (κ1) is 21.2. The molecule has 0 atom stereocenters. The molecule has 0 bridgehead atoms. The summed E-state index contributed by atoms with van der Waals surface area (Å²) in [5.74, 6) is 0.717. The highest BCUT2D eigenvalue weighted by Crippen LogP contribution is 2.34. The van der Waals surface area contributed by atoms with Crippen LogP contribution < -0.4 is 4.74 Å². The molecule has 2 aromatic carbocycles. The van der Waals surface area contributed by atoms with Gasteiger partial charge in [-0.2, -0.15) is 0 Å². The molecule has 4 rings (SSSR count). The maximum absolute atomic E-state index is 12.8. The Balaban J connectivity index is 1.45. The molecule has 0 unspecified atom stereocenters. The molecule has 0 radical (unpaired) electrons. The zero-order valence-corrected chi connectivity index (χ0v) is 18.4. The molecule has 1 fully saturated rings. The Morgan fingerprint density at radius 1 is 1.13 bits per heavy atom. The number of halogens is 1. The number of thioether (sulfide) groups is 1. The smallest absolute Gasteiger partial charge is 0.266 e. The van der Waals surface area contributed by atoms with Crippen molar-refractivity contribution >= 4 is 46.2 Å². The van der Waals surface area contributed by atoms with Crippen molar-refractivity contribution in [3.05, 3.63) is 94.1 Å². The van der Waals surface area contributed by atoms with Crippen molar-refractivity contribution in [2.75, 3.05) is 6.54 Å². The number of aliphatic imine (C=N–C) groups is 1. The first-order valence-electron chi connectivity index (χ1n) is 9.80. The Hall–Kier alpha value is -3.09. The number of aromatic nitrogens is 1. The highest BCUT2D eigenvalue weighted by Gasteiger charge is 2.32. The van der Waals surface area contributed by atoms with Gasteiger partial charge >= 0.3 is 0 Å². The van der Waals surface area contributed by atoms with E-state index in [2.05, 4.69) is 9.98 Å². The second-order valence-corrected chi connectivity index (χ2v) is 8.20. The van der Waals surface area contributed by atoms with E-state index in [4.69, 9.17) is 16.3 Å². The van der Waals surface area contributed by atoms with Crippen molar-refractivity contribution in [3.8, 4) is 5.75 Å². The molecule has 31 heavy (non-hydrogen) atoms. The third-order valence-corrected chi connectivity index (χ3v) is 5.83. The molecule has 0 spiro atoms. The van der Waals surface area contributed by atoms with Crippen LogP contribution in [0.5, 0.6) is 5.75 Å². The molecule has 0 N–H and O–H groups in total. The van der Waals surface area contributed by atoms with Crippen molar-refractivity contribution in [2.24, 2.45) is 4.99 Å². The summed E-state index contributed by atoms with van der Waals surface area (Å²) < 4.78 is 5.83. The van der Waals surface area contributed by atoms with E-state index in [1.54, 1.807) is 17.3 Å². The van der Waals surface area contributed by atoms with Crippen LogP contribution in [0.15, 0.2) is 83.0 Å². The summed E-state index contributed by atoms with van der Waals surface area (Å²) in [6.07, 6.45) is 5.25. The van der Waals surface area contributed by atoms with Gasteiger partial charge in [-0.05, 0) is 72.3 Å². The number of amides is 1. The summed E-state index contributed by atoms with van der Waals surface area (Å²) in [7, 11) is 0. The fourth-order valence-corrected chi connectivity index (χ4v) is 4.15. The summed E-state index contributed by atoms with van der Waals surface area (Å²) >= 11 is 7.28. The SMILES string of the molecule is CCN1C(=O)/C(=C/c2ccc(OCc3ccc(Cl)cc3)cc2)SC1=Nc1cccnc1. The van der Waals surface area contributed by atoms with Gasteiger partial charge in [0.05, 0.1) is 16.8 Å². The monoisotopic (exact) mass is 449 g/mol. The third-order valence-electron chi connectivity index (χ3n) is 4.57. The Labute approximate surface area is 190 Å². The number of rotatable bonds is 6. The molecule has 1 amide bonds. The van der Waals surface area contributed by atoms with Crippen molar-refractivity contribution in [3.63, 3.8) is 0 Å². The first-order chi connectivity index (χ1) is 15.1. The van der Waals surface area contributed by atoms with Crippen LogP contribution in [0.4, 0.5) is 5.69 Å². The van der Waals surface area contributed by atoms with Crippen LogP contribution in [-0.4, -0.2) is 27.5 Å². The minimum absolute atomic E-state index is 0.0433. The van der Waals surface area contributed by atoms with Gasteiger partial charge < -0.3 is 4.74 Å². The van der Waals surface area contributed by atoms with E-state index in [-0.39, 0.29) is 5.91 Å². The minimum Gasteiger partial charge on any atom is -0.489 e. The zero-order valence-electron chi connectivity index (χ0n) is 16.9. The molecule has 0 aliphatic carbocycles. The van der Waals surface area contributed by atoms with Crippen LogP contribution in [-0.2, 0) is 11.4 Å². The number of benzene rings is 2. The molecular formula is C24H20ClN3O2S. The maximum atomic E-state index is 12.8. The first-order valence-corrected chi connectivity index (χ1v) is 11.0. The summed E-state index contributed by atoms with van der Waals surface area (Å²) in [5, 5.41) is 1.37. The van der Waals surface area contributed by atoms with Gasteiger partial charge in [0.1, 0.15) is 12.4 Å². The number of carbonyl (C=O) groups excluding carboxylic acids is 1. The Bertz CT molecular complexity index is 1110. The largest absolute Gasteiger partial charge is 0.489 e. The lowest BCUT2D eigenvalue weighted by molar-refractivity contribution is -0.122. The second-order valence-electron chi connectivity index (χ2n) is 6.75. The number of nitrogens with zero attached hydrogens (tertiary/aromatic N) is 3. The number of carbonyl (C=O) groups is 1. The van der Waals surface area contributed by atoms with E-state index in [1.807, 2.05) is 73.7 Å². The predicted octanol–water partition coefficient (Wildman–Crippen LogP) is 5.94. The van der Waals surface area contributed by atoms with E-state index in [1.165, 1.54) is 11.8 Å². The van der Waals surface area contributed by atoms with Crippen molar-refractivity contribution in [1.29, 1.82) is 0 Å². The molecule has 1 aliphatic heterocycles. The lowest BCUT2D eigenvalue weighted by Gasteiger charge is -2.11. The summed E-state index contributed by atoms with van der Waals surface area (Å²) in [6, 6.07) is 18.9. The standard InChI is InChI=1S/C24H20ClN3O2S/c1-2-28-23(29)22(31-24(28)27-20-4-3-13-26-15-20)14-17-7-11-21(12-8-17)30-16-18-5-9-19(25)10-6-18/h3-15H,2,16H2,1H3/b22-14-,27-24?. The summed E-state index contributed by atoms with van der Waals surface area (Å²) in [4.78, 5) is 23.8. The van der Waals surface area contributed by atoms with Crippen molar-refractivity contribution in [2.45, 2.75) is 13.5 Å². The lowest BCUT2D eigenvalue weighted by Crippen LogP contribution is -2.28. The molecule has 1 saturated heterocycles. The van der Waals surface area contributed by atoms with Crippen LogP contribution in [0.25, 0.3) is 6.08 Å². The van der Waals surface area contributed by atoms with Gasteiger partial charge in [-0.15, -0.1) is 0 Å². The average molecular weight is 450 g/mol. The number of likely N-dealkylation sites (N-methyl/N-ethyl adjacent to an activating group) is 1. The molecule has 0 saturated carbocycles. The van der Waals surface area contributed by atoms with Crippen LogP contribution in [0, 0.1) is 0 Å². The number of hydrogen-bond donors (Lipinski definition) is 0. The van der Waals surface area contributed by atoms with Crippen LogP contribution >= 0.6 is 23.4 Å². The predicted molar refractivity (Wildman–Crippen MR) is 127 cm³/mol.